The lowest BCUT2D eigenvalue weighted by molar-refractivity contribution is -0.129. The molecule has 130 valence electrons. The number of phenols is 2. The van der Waals surface area contributed by atoms with Crippen molar-refractivity contribution in [2.24, 2.45) is 0 Å². The quantitative estimate of drug-likeness (QED) is 0.524. The van der Waals surface area contributed by atoms with E-state index in [1.807, 2.05) is 0 Å². The Morgan fingerprint density at radius 3 is 2.40 bits per heavy atom. The molecule has 2 atom stereocenters. The Bertz CT molecular complexity index is 872. The van der Waals surface area contributed by atoms with E-state index in [1.54, 1.807) is 19.1 Å². The van der Waals surface area contributed by atoms with Crippen molar-refractivity contribution in [3.05, 3.63) is 58.1 Å². The number of halogens is 1. The lowest BCUT2D eigenvalue weighted by Gasteiger charge is -2.33. The molecule has 1 saturated heterocycles. The largest absolute Gasteiger partial charge is 0.508 e. The summed E-state index contributed by atoms with van der Waals surface area (Å²) in [6.07, 6.45) is -1.41. The van der Waals surface area contributed by atoms with E-state index in [0.717, 1.165) is 0 Å². The van der Waals surface area contributed by atoms with Gasteiger partial charge < -0.3 is 26.0 Å². The van der Waals surface area contributed by atoms with Gasteiger partial charge in [-0.1, -0.05) is 23.7 Å². The van der Waals surface area contributed by atoms with Crippen LogP contribution in [-0.2, 0) is 10.3 Å². The number of amides is 1. The Kier molecular flexibility index (Phi) is 4.32. The average molecular weight is 379 g/mol. The fourth-order valence-electron chi connectivity index (χ4n) is 2.94. The second kappa shape index (κ2) is 6.18. The van der Waals surface area contributed by atoms with Crippen LogP contribution in [0.4, 0.5) is 0 Å². The maximum Gasteiger partial charge on any atom is 0.259 e. The van der Waals surface area contributed by atoms with Crippen molar-refractivity contribution in [2.45, 2.75) is 18.6 Å². The molecule has 0 aliphatic carbocycles. The van der Waals surface area contributed by atoms with Crippen molar-refractivity contribution < 1.29 is 20.1 Å². The molecule has 0 bridgehead atoms. The highest BCUT2D eigenvalue weighted by molar-refractivity contribution is 7.80. The molecule has 5 N–H and O–H groups in total. The highest BCUT2D eigenvalue weighted by Crippen LogP contribution is 2.44. The minimum Gasteiger partial charge on any atom is -0.508 e. The zero-order chi connectivity index (χ0) is 18.4. The molecule has 1 aliphatic heterocycles. The summed E-state index contributed by atoms with van der Waals surface area (Å²) in [5, 5.41) is 36.2. The molecule has 3 rings (SSSR count). The van der Waals surface area contributed by atoms with Crippen molar-refractivity contribution in [2.75, 3.05) is 0 Å². The van der Waals surface area contributed by atoms with Gasteiger partial charge in [0.1, 0.15) is 17.6 Å². The molecule has 8 heteroatoms. The first-order chi connectivity index (χ1) is 11.8. The minimum atomic E-state index is -1.76. The van der Waals surface area contributed by atoms with Crippen LogP contribution in [-0.4, -0.2) is 26.3 Å². The van der Waals surface area contributed by atoms with Gasteiger partial charge in [0.15, 0.2) is 10.7 Å². The maximum absolute atomic E-state index is 12.7. The zero-order valence-corrected chi connectivity index (χ0v) is 14.6. The maximum atomic E-state index is 12.7. The third-order valence-corrected chi connectivity index (χ3v) is 4.64. The lowest BCUT2D eigenvalue weighted by Crippen LogP contribution is -2.49. The van der Waals surface area contributed by atoms with E-state index in [0.29, 0.717) is 11.1 Å². The first-order valence-electron chi connectivity index (χ1n) is 7.36. The van der Waals surface area contributed by atoms with Crippen LogP contribution < -0.4 is 10.6 Å². The van der Waals surface area contributed by atoms with E-state index in [2.05, 4.69) is 10.6 Å². The van der Waals surface area contributed by atoms with Crippen LogP contribution >= 0.6 is 23.8 Å². The van der Waals surface area contributed by atoms with Crippen LogP contribution in [0, 0.1) is 6.92 Å². The van der Waals surface area contributed by atoms with Gasteiger partial charge in [-0.25, -0.2) is 0 Å². The fraction of sp³-hybridized carbons (Fsp3) is 0.176. The minimum absolute atomic E-state index is 0.0193. The Labute approximate surface area is 154 Å². The van der Waals surface area contributed by atoms with E-state index in [9.17, 15) is 20.1 Å². The zero-order valence-electron chi connectivity index (χ0n) is 13.1. The predicted octanol–water partition coefficient (Wildman–Crippen LogP) is 1.99. The summed E-state index contributed by atoms with van der Waals surface area (Å²) in [6, 6.07) is 8.84. The van der Waals surface area contributed by atoms with Crippen LogP contribution in [0.5, 0.6) is 11.5 Å². The number of aryl methyl sites for hydroxylation is 1. The van der Waals surface area contributed by atoms with Crippen molar-refractivity contribution >= 4 is 34.8 Å². The number of aliphatic hydroxyl groups is 1. The van der Waals surface area contributed by atoms with E-state index >= 15 is 0 Å². The average Bonchev–Trinajstić information content (AvgIpc) is 2.86. The van der Waals surface area contributed by atoms with Gasteiger partial charge in [0.05, 0.1) is 5.02 Å². The molecule has 0 spiro atoms. The normalized spacial score (nSPS) is 20.9. The molecule has 0 aromatic heterocycles. The number of rotatable bonds is 3. The number of hydrogen-bond acceptors (Lipinski definition) is 5. The van der Waals surface area contributed by atoms with Gasteiger partial charge in [-0.2, -0.15) is 0 Å². The Morgan fingerprint density at radius 1 is 1.20 bits per heavy atom. The number of phenolic OH excluding ortho intramolecular Hbond substituents is 2. The van der Waals surface area contributed by atoms with Crippen LogP contribution in [0.15, 0.2) is 36.4 Å². The smallest absolute Gasteiger partial charge is 0.259 e. The Morgan fingerprint density at radius 2 is 1.84 bits per heavy atom. The predicted molar refractivity (Wildman–Crippen MR) is 96.5 cm³/mol. The van der Waals surface area contributed by atoms with Gasteiger partial charge >= 0.3 is 0 Å². The summed E-state index contributed by atoms with van der Waals surface area (Å²) in [4.78, 5) is 12.7. The highest BCUT2D eigenvalue weighted by Gasteiger charge is 2.54. The molecule has 0 radical (unpaired) electrons. The van der Waals surface area contributed by atoms with E-state index in [1.165, 1.54) is 24.3 Å². The summed E-state index contributed by atoms with van der Waals surface area (Å²) in [6.45, 7) is 1.75. The SMILES string of the molecule is Cc1cc(Cl)c(O)c([C@]2([C@@H](O)c3ccc(O)cc3)NC(=S)NC2=O)c1. The number of aliphatic hydroxyl groups excluding tert-OH is 1. The molecule has 2 aromatic rings. The lowest BCUT2D eigenvalue weighted by atomic mass is 9.80. The third kappa shape index (κ3) is 2.80. The Balaban J connectivity index is 2.24. The molecule has 1 amide bonds. The molecule has 1 fully saturated rings. The number of carbonyl (C=O) groups excluding carboxylic acids is 1. The highest BCUT2D eigenvalue weighted by atomic mass is 35.5. The summed E-state index contributed by atoms with van der Waals surface area (Å²) in [7, 11) is 0. The number of carbonyl (C=O) groups is 1. The van der Waals surface area contributed by atoms with Gasteiger partial charge in [0.2, 0.25) is 0 Å². The summed E-state index contributed by atoms with van der Waals surface area (Å²) >= 11 is 11.1. The van der Waals surface area contributed by atoms with Crippen molar-refractivity contribution in [1.29, 1.82) is 0 Å². The molecule has 25 heavy (non-hydrogen) atoms. The second-order valence-corrected chi connectivity index (χ2v) is 6.67. The molecular formula is C17H15ClN2O4S. The van der Waals surface area contributed by atoms with Gasteiger partial charge in [0.25, 0.3) is 5.91 Å². The molecule has 0 unspecified atom stereocenters. The number of benzene rings is 2. The van der Waals surface area contributed by atoms with Gasteiger partial charge in [-0.3, -0.25) is 4.79 Å². The van der Waals surface area contributed by atoms with Crippen LogP contribution in [0.25, 0.3) is 0 Å². The number of thiocarbonyl (C=S) groups is 1. The summed E-state index contributed by atoms with van der Waals surface area (Å²) < 4.78 is 0. The standard InChI is InChI=1S/C17H15ClN2O4S/c1-8-6-11(13(22)12(18)7-8)17(15(24)19-16(25)20-17)14(23)9-2-4-10(21)5-3-9/h2-7,14,21-23H,1H3,(H2,19,20,24,25)/t14-,17+/m0/s1. The number of nitrogens with one attached hydrogen (secondary N) is 2. The van der Waals surface area contributed by atoms with Crippen molar-refractivity contribution in [3.63, 3.8) is 0 Å². The van der Waals surface area contributed by atoms with Crippen LogP contribution in [0.2, 0.25) is 5.02 Å². The van der Waals surface area contributed by atoms with Gasteiger partial charge in [0, 0.05) is 5.56 Å². The topological polar surface area (TPSA) is 102 Å². The van der Waals surface area contributed by atoms with Gasteiger partial charge in [-0.15, -0.1) is 0 Å². The molecule has 6 nitrogen and oxygen atoms in total. The molecular weight excluding hydrogens is 364 g/mol. The molecule has 1 aliphatic rings. The summed E-state index contributed by atoms with van der Waals surface area (Å²) in [5.41, 5.74) is -0.603. The first-order valence-corrected chi connectivity index (χ1v) is 8.14. The summed E-state index contributed by atoms with van der Waals surface area (Å²) in [5.74, 6) is -0.918. The third-order valence-electron chi connectivity index (χ3n) is 4.15. The second-order valence-electron chi connectivity index (χ2n) is 5.85. The van der Waals surface area contributed by atoms with E-state index < -0.39 is 17.6 Å². The number of aromatic hydroxyl groups is 2. The van der Waals surface area contributed by atoms with Crippen LogP contribution in [0.3, 0.4) is 0 Å². The number of hydrogen-bond donors (Lipinski definition) is 5. The Hall–Kier alpha value is -2.35. The van der Waals surface area contributed by atoms with E-state index in [-0.39, 0.29) is 27.2 Å². The first kappa shape index (κ1) is 17.5. The van der Waals surface area contributed by atoms with Crippen LogP contribution in [0.1, 0.15) is 22.8 Å². The van der Waals surface area contributed by atoms with Crippen molar-refractivity contribution in [3.8, 4) is 11.5 Å². The monoisotopic (exact) mass is 378 g/mol. The van der Waals surface area contributed by atoms with E-state index in [4.69, 9.17) is 23.8 Å². The fourth-order valence-corrected chi connectivity index (χ4v) is 3.47. The molecule has 0 saturated carbocycles. The molecule has 1 heterocycles. The van der Waals surface area contributed by atoms with Gasteiger partial charge in [-0.05, 0) is 54.5 Å². The van der Waals surface area contributed by atoms with Crippen molar-refractivity contribution in [1.82, 2.24) is 10.6 Å². The molecule has 2 aromatic carbocycles.